The first-order chi connectivity index (χ1) is 8.11. The molecule has 2 heterocycles. The number of nitrogens with one attached hydrogen (secondary N) is 1. The molecule has 0 radical (unpaired) electrons. The van der Waals surface area contributed by atoms with Crippen LogP contribution in [-0.2, 0) is 11.2 Å². The van der Waals surface area contributed by atoms with Gasteiger partial charge in [-0.1, -0.05) is 32.1 Å². The molecule has 92 valence electrons. The fourth-order valence-electron chi connectivity index (χ4n) is 1.34. The summed E-state index contributed by atoms with van der Waals surface area (Å²) in [7, 11) is 0. The first-order valence-electron chi connectivity index (χ1n) is 5.63. The van der Waals surface area contributed by atoms with E-state index >= 15 is 0 Å². The fraction of sp³-hybridized carbons (Fsp3) is 0.600. The first-order valence-corrected chi connectivity index (χ1v) is 6.45. The number of carbonyl (C=O) groups is 1. The van der Waals surface area contributed by atoms with E-state index in [4.69, 9.17) is 0 Å². The van der Waals surface area contributed by atoms with Crippen molar-refractivity contribution in [3.05, 3.63) is 5.82 Å². The summed E-state index contributed by atoms with van der Waals surface area (Å²) in [5.74, 6) is 0.746. The van der Waals surface area contributed by atoms with Gasteiger partial charge in [-0.2, -0.15) is 4.52 Å². The topological polar surface area (TPSA) is 72.2 Å². The summed E-state index contributed by atoms with van der Waals surface area (Å²) in [4.78, 5) is 12.2. The second-order valence-corrected chi connectivity index (χ2v) is 5.07. The molecule has 0 atom stereocenters. The third-order valence-electron chi connectivity index (χ3n) is 2.28. The van der Waals surface area contributed by atoms with Crippen molar-refractivity contribution in [2.45, 2.75) is 33.6 Å². The predicted octanol–water partition coefficient (Wildman–Crippen LogP) is 1.73. The van der Waals surface area contributed by atoms with Gasteiger partial charge >= 0.3 is 0 Å². The minimum atomic E-state index is -0.0561. The highest BCUT2D eigenvalue weighted by molar-refractivity contribution is 7.20. The second kappa shape index (κ2) is 4.79. The van der Waals surface area contributed by atoms with Crippen LogP contribution in [0.25, 0.3) is 4.96 Å². The molecule has 0 fully saturated rings. The standard InChI is InChI=1S/C10H15N5OS/c1-4-5-7-12-13-10-15(7)14-9(17-10)11-8(16)6(2)3/h6H,4-5H2,1-3H3,(H,11,14,16). The van der Waals surface area contributed by atoms with Crippen molar-refractivity contribution in [1.29, 1.82) is 0 Å². The van der Waals surface area contributed by atoms with Gasteiger partial charge in [-0.25, -0.2) is 0 Å². The van der Waals surface area contributed by atoms with Gasteiger partial charge < -0.3 is 5.32 Å². The SMILES string of the molecule is CCCc1nnc2sc(NC(=O)C(C)C)nn12. The summed E-state index contributed by atoms with van der Waals surface area (Å²) >= 11 is 1.34. The molecule has 0 saturated heterocycles. The van der Waals surface area contributed by atoms with Crippen molar-refractivity contribution < 1.29 is 4.79 Å². The van der Waals surface area contributed by atoms with Gasteiger partial charge in [0.1, 0.15) is 0 Å². The van der Waals surface area contributed by atoms with Gasteiger partial charge in [0.2, 0.25) is 16.0 Å². The Balaban J connectivity index is 2.23. The van der Waals surface area contributed by atoms with Crippen LogP contribution in [0.4, 0.5) is 5.13 Å². The highest BCUT2D eigenvalue weighted by Crippen LogP contribution is 2.19. The van der Waals surface area contributed by atoms with Gasteiger partial charge in [0.05, 0.1) is 0 Å². The van der Waals surface area contributed by atoms with Crippen LogP contribution in [0.5, 0.6) is 0 Å². The summed E-state index contributed by atoms with van der Waals surface area (Å²) in [6.45, 7) is 5.77. The van der Waals surface area contributed by atoms with Crippen LogP contribution in [-0.4, -0.2) is 25.7 Å². The predicted molar refractivity (Wildman–Crippen MR) is 66.1 cm³/mol. The normalized spacial score (nSPS) is 11.3. The molecule has 0 spiro atoms. The Morgan fingerprint density at radius 1 is 1.47 bits per heavy atom. The molecule has 0 bridgehead atoms. The summed E-state index contributed by atoms with van der Waals surface area (Å²) in [6.07, 6.45) is 1.83. The maximum atomic E-state index is 11.5. The fourth-order valence-corrected chi connectivity index (χ4v) is 2.10. The average Bonchev–Trinajstić information content (AvgIpc) is 2.80. The lowest BCUT2D eigenvalue weighted by Gasteiger charge is -2.02. The highest BCUT2D eigenvalue weighted by Gasteiger charge is 2.14. The van der Waals surface area contributed by atoms with Gasteiger partial charge in [-0.05, 0) is 6.42 Å². The van der Waals surface area contributed by atoms with Gasteiger partial charge in [0.15, 0.2) is 5.82 Å². The third-order valence-corrected chi connectivity index (χ3v) is 3.10. The number of aryl methyl sites for hydroxylation is 1. The molecule has 0 aromatic carbocycles. The molecule has 0 aliphatic carbocycles. The van der Waals surface area contributed by atoms with E-state index in [-0.39, 0.29) is 11.8 Å². The molecule has 0 aliphatic heterocycles. The van der Waals surface area contributed by atoms with Crippen LogP contribution in [0.1, 0.15) is 33.0 Å². The largest absolute Gasteiger partial charge is 0.300 e. The lowest BCUT2D eigenvalue weighted by molar-refractivity contribution is -0.118. The molecule has 0 aliphatic rings. The number of amides is 1. The van der Waals surface area contributed by atoms with E-state index in [1.54, 1.807) is 4.52 Å². The number of hydrogen-bond donors (Lipinski definition) is 1. The molecule has 7 heteroatoms. The van der Waals surface area contributed by atoms with Crippen molar-refractivity contribution in [1.82, 2.24) is 19.8 Å². The summed E-state index contributed by atoms with van der Waals surface area (Å²) < 4.78 is 1.70. The van der Waals surface area contributed by atoms with Crippen LogP contribution in [0, 0.1) is 5.92 Å². The van der Waals surface area contributed by atoms with Crippen molar-refractivity contribution in [3.63, 3.8) is 0 Å². The molecule has 0 unspecified atom stereocenters. The number of anilines is 1. The Morgan fingerprint density at radius 2 is 2.24 bits per heavy atom. The molecule has 2 rings (SSSR count). The summed E-state index contributed by atoms with van der Waals surface area (Å²) in [6, 6.07) is 0. The first kappa shape index (κ1) is 12.0. The molecular weight excluding hydrogens is 238 g/mol. The van der Waals surface area contributed by atoms with Gasteiger partial charge in [0.25, 0.3) is 0 Å². The molecular formula is C10H15N5OS. The zero-order valence-corrected chi connectivity index (χ0v) is 10.9. The highest BCUT2D eigenvalue weighted by atomic mass is 32.1. The number of hydrogen-bond acceptors (Lipinski definition) is 5. The van der Waals surface area contributed by atoms with Crippen molar-refractivity contribution in [2.24, 2.45) is 5.92 Å². The van der Waals surface area contributed by atoms with Crippen molar-refractivity contribution in [2.75, 3.05) is 5.32 Å². The van der Waals surface area contributed by atoms with Crippen LogP contribution >= 0.6 is 11.3 Å². The van der Waals surface area contributed by atoms with Crippen LogP contribution in [0.3, 0.4) is 0 Å². The number of rotatable bonds is 4. The molecule has 1 amide bonds. The van der Waals surface area contributed by atoms with Crippen molar-refractivity contribution >= 4 is 27.3 Å². The lowest BCUT2D eigenvalue weighted by atomic mass is 10.2. The van der Waals surface area contributed by atoms with Gasteiger partial charge in [0, 0.05) is 12.3 Å². The Labute approximate surface area is 103 Å². The van der Waals surface area contributed by atoms with E-state index in [1.165, 1.54) is 11.3 Å². The summed E-state index contributed by atoms with van der Waals surface area (Å²) in [5.41, 5.74) is 0. The Kier molecular flexibility index (Phi) is 3.37. The van der Waals surface area contributed by atoms with Crippen molar-refractivity contribution in [3.8, 4) is 0 Å². The van der Waals surface area contributed by atoms with Crippen LogP contribution < -0.4 is 5.32 Å². The third kappa shape index (κ3) is 2.44. The second-order valence-electron chi connectivity index (χ2n) is 4.11. The molecule has 2 aromatic heterocycles. The number of fused-ring (bicyclic) bond motifs is 1. The number of aromatic nitrogens is 4. The van der Waals surface area contributed by atoms with Gasteiger partial charge in [-0.15, -0.1) is 15.3 Å². The molecule has 17 heavy (non-hydrogen) atoms. The lowest BCUT2D eigenvalue weighted by Crippen LogP contribution is -2.17. The zero-order chi connectivity index (χ0) is 12.4. The minimum absolute atomic E-state index is 0.0352. The van der Waals surface area contributed by atoms with Gasteiger partial charge in [-0.3, -0.25) is 4.79 Å². The molecule has 0 saturated carbocycles. The Hall–Kier alpha value is -1.50. The summed E-state index contributed by atoms with van der Waals surface area (Å²) in [5, 5.41) is 15.7. The molecule has 6 nitrogen and oxygen atoms in total. The molecule has 1 N–H and O–H groups in total. The van der Waals surface area contributed by atoms with E-state index in [0.717, 1.165) is 18.7 Å². The Bertz CT molecular complexity index is 530. The number of nitrogens with zero attached hydrogens (tertiary/aromatic N) is 4. The van der Waals surface area contributed by atoms with E-state index in [2.05, 4.69) is 27.5 Å². The molecule has 2 aromatic rings. The Morgan fingerprint density at radius 3 is 2.88 bits per heavy atom. The van der Waals surface area contributed by atoms with Crippen LogP contribution in [0.15, 0.2) is 0 Å². The van der Waals surface area contributed by atoms with E-state index < -0.39 is 0 Å². The zero-order valence-electron chi connectivity index (χ0n) is 10.1. The quantitative estimate of drug-likeness (QED) is 0.900. The maximum Gasteiger partial charge on any atom is 0.236 e. The van der Waals surface area contributed by atoms with Crippen LogP contribution in [0.2, 0.25) is 0 Å². The van der Waals surface area contributed by atoms with E-state index in [1.807, 2.05) is 13.8 Å². The average molecular weight is 253 g/mol. The van der Waals surface area contributed by atoms with E-state index in [9.17, 15) is 4.79 Å². The number of carbonyl (C=O) groups excluding carboxylic acids is 1. The van der Waals surface area contributed by atoms with E-state index in [0.29, 0.717) is 10.1 Å². The monoisotopic (exact) mass is 253 g/mol. The smallest absolute Gasteiger partial charge is 0.236 e. The maximum absolute atomic E-state index is 11.5. The minimum Gasteiger partial charge on any atom is -0.300 e.